The molecule has 4 N–H and O–H groups in total. The number of likely N-dealkylation sites (N-methyl/N-ethyl adjacent to an activating group) is 2. The van der Waals surface area contributed by atoms with E-state index in [0.29, 0.717) is 18.7 Å². The molecule has 6 atom stereocenters. The fourth-order valence-electron chi connectivity index (χ4n) is 8.34. The Bertz CT molecular complexity index is 1530. The standard InChI is InChI=1S/C40H53FN6O/c1-29(31-16-8-7-9-17-31)44-39(48)36-34-26-43-47(28-33-18-10-11-20-35(33)41)38(34)45-37(40(36)21-12-5-4-6-13-22-40)32-19-14-15-30(25-32)27-46(3)24-23-42-2/h7-12,14-21,25,29,34,36-38,42-43,45H,4-6,13,22-24,26-28H2,1-3H3,(H,44,48)/b21-12-/t29-,34?,36?,37?,38?,40?/m0/s1. The Morgan fingerprint density at radius 3 is 2.69 bits per heavy atom. The van der Waals surface area contributed by atoms with Crippen LogP contribution in [0.1, 0.15) is 73.4 Å². The molecule has 1 aliphatic carbocycles. The van der Waals surface area contributed by atoms with Crippen LogP contribution in [0.15, 0.2) is 91.0 Å². The summed E-state index contributed by atoms with van der Waals surface area (Å²) in [5, 5.41) is 13.0. The molecule has 256 valence electrons. The van der Waals surface area contributed by atoms with Gasteiger partial charge < -0.3 is 15.5 Å². The van der Waals surface area contributed by atoms with Gasteiger partial charge in [-0.1, -0.05) is 97.8 Å². The second kappa shape index (κ2) is 15.9. The summed E-state index contributed by atoms with van der Waals surface area (Å²) in [6.45, 7) is 5.85. The van der Waals surface area contributed by atoms with Crippen molar-refractivity contribution in [1.29, 1.82) is 0 Å². The second-order valence-corrected chi connectivity index (χ2v) is 14.1. The number of nitrogens with zero attached hydrogens (tertiary/aromatic N) is 2. The normalized spacial score (nSPS) is 27.3. The topological polar surface area (TPSA) is 71.7 Å². The van der Waals surface area contributed by atoms with Crippen molar-refractivity contribution < 1.29 is 9.18 Å². The number of hydrogen-bond acceptors (Lipinski definition) is 6. The summed E-state index contributed by atoms with van der Waals surface area (Å²) in [5.74, 6) is -0.434. The zero-order valence-electron chi connectivity index (χ0n) is 28.8. The molecule has 1 spiro atoms. The van der Waals surface area contributed by atoms with Gasteiger partial charge in [-0.05, 0) is 63.0 Å². The van der Waals surface area contributed by atoms with Gasteiger partial charge in [-0.2, -0.15) is 0 Å². The highest BCUT2D eigenvalue weighted by molar-refractivity contribution is 5.81. The lowest BCUT2D eigenvalue weighted by atomic mass is 9.57. The third-order valence-corrected chi connectivity index (χ3v) is 10.8. The van der Waals surface area contributed by atoms with E-state index in [9.17, 15) is 9.18 Å². The highest BCUT2D eigenvalue weighted by atomic mass is 19.1. The van der Waals surface area contributed by atoms with E-state index < -0.39 is 5.41 Å². The number of benzene rings is 3. The molecule has 2 aliphatic heterocycles. The van der Waals surface area contributed by atoms with Crippen molar-refractivity contribution in [3.05, 3.63) is 119 Å². The lowest BCUT2D eigenvalue weighted by Gasteiger charge is -2.54. The molecule has 3 aromatic rings. The minimum absolute atomic E-state index is 0.0177. The molecule has 8 heteroatoms. The van der Waals surface area contributed by atoms with E-state index in [4.69, 9.17) is 0 Å². The number of piperidine rings is 1. The average Bonchev–Trinajstić information content (AvgIpc) is 3.48. The van der Waals surface area contributed by atoms with Crippen LogP contribution in [0.25, 0.3) is 0 Å². The maximum Gasteiger partial charge on any atom is 0.224 e. The van der Waals surface area contributed by atoms with Crippen LogP contribution in [0.4, 0.5) is 4.39 Å². The molecule has 6 rings (SSSR count). The first-order chi connectivity index (χ1) is 23.4. The predicted molar refractivity (Wildman–Crippen MR) is 191 cm³/mol. The summed E-state index contributed by atoms with van der Waals surface area (Å²) in [6, 6.07) is 25.9. The number of carbonyl (C=O) groups is 1. The molecule has 0 saturated carbocycles. The first-order valence-corrected chi connectivity index (χ1v) is 17.8. The van der Waals surface area contributed by atoms with Crippen molar-refractivity contribution in [2.75, 3.05) is 33.7 Å². The molecule has 2 saturated heterocycles. The lowest BCUT2D eigenvalue weighted by molar-refractivity contribution is -0.137. The van der Waals surface area contributed by atoms with Crippen LogP contribution in [0.5, 0.6) is 0 Å². The van der Waals surface area contributed by atoms with Crippen LogP contribution >= 0.6 is 0 Å². The number of halogens is 1. The molecule has 2 fully saturated rings. The van der Waals surface area contributed by atoms with Gasteiger partial charge in [-0.3, -0.25) is 15.5 Å². The monoisotopic (exact) mass is 652 g/mol. The van der Waals surface area contributed by atoms with Crippen molar-refractivity contribution in [1.82, 2.24) is 31.3 Å². The van der Waals surface area contributed by atoms with E-state index in [2.05, 4.69) is 93.8 Å². The Morgan fingerprint density at radius 1 is 1.06 bits per heavy atom. The molecule has 2 heterocycles. The van der Waals surface area contributed by atoms with Gasteiger partial charge in [0.05, 0.1) is 18.1 Å². The van der Waals surface area contributed by atoms with Gasteiger partial charge in [0.1, 0.15) is 5.82 Å². The van der Waals surface area contributed by atoms with Gasteiger partial charge in [0.25, 0.3) is 0 Å². The van der Waals surface area contributed by atoms with E-state index in [1.165, 1.54) is 23.6 Å². The van der Waals surface area contributed by atoms with Crippen LogP contribution in [-0.4, -0.2) is 55.7 Å². The van der Waals surface area contributed by atoms with Crippen molar-refractivity contribution in [3.63, 3.8) is 0 Å². The third kappa shape index (κ3) is 7.58. The fourth-order valence-corrected chi connectivity index (χ4v) is 8.34. The molecular weight excluding hydrogens is 599 g/mol. The van der Waals surface area contributed by atoms with Crippen LogP contribution in [0.3, 0.4) is 0 Å². The average molecular weight is 653 g/mol. The highest BCUT2D eigenvalue weighted by Crippen LogP contribution is 2.55. The van der Waals surface area contributed by atoms with Crippen molar-refractivity contribution in [2.24, 2.45) is 17.3 Å². The highest BCUT2D eigenvalue weighted by Gasteiger charge is 2.59. The van der Waals surface area contributed by atoms with E-state index in [1.54, 1.807) is 6.07 Å². The van der Waals surface area contributed by atoms with E-state index in [0.717, 1.165) is 50.9 Å². The molecule has 5 unspecified atom stereocenters. The molecule has 3 aliphatic rings. The molecule has 1 amide bonds. The van der Waals surface area contributed by atoms with Crippen molar-refractivity contribution in [3.8, 4) is 0 Å². The number of carbonyl (C=O) groups excluding carboxylic acids is 1. The van der Waals surface area contributed by atoms with Crippen molar-refractivity contribution in [2.45, 2.75) is 70.4 Å². The van der Waals surface area contributed by atoms with Gasteiger partial charge in [-0.25, -0.2) is 9.40 Å². The summed E-state index contributed by atoms with van der Waals surface area (Å²) in [5.41, 5.74) is 7.36. The smallest absolute Gasteiger partial charge is 0.224 e. The Hall–Kier alpha value is -3.40. The second-order valence-electron chi connectivity index (χ2n) is 14.1. The molecule has 0 aromatic heterocycles. The number of hydrazine groups is 1. The maximum absolute atomic E-state index is 15.0. The Balaban J connectivity index is 1.41. The third-order valence-electron chi connectivity index (χ3n) is 10.8. The predicted octanol–water partition coefficient (Wildman–Crippen LogP) is 6.08. The molecule has 3 aromatic carbocycles. The van der Waals surface area contributed by atoms with E-state index in [-0.39, 0.29) is 41.8 Å². The van der Waals surface area contributed by atoms with Gasteiger partial charge >= 0.3 is 0 Å². The van der Waals surface area contributed by atoms with Crippen LogP contribution in [0, 0.1) is 23.1 Å². The van der Waals surface area contributed by atoms with Crippen molar-refractivity contribution >= 4 is 5.91 Å². The van der Waals surface area contributed by atoms with Crippen LogP contribution in [0.2, 0.25) is 0 Å². The summed E-state index contributed by atoms with van der Waals surface area (Å²) < 4.78 is 15.0. The minimum Gasteiger partial charge on any atom is -0.349 e. The summed E-state index contributed by atoms with van der Waals surface area (Å²) in [4.78, 5) is 17.3. The number of amides is 1. The number of allylic oxidation sites excluding steroid dienone is 1. The van der Waals surface area contributed by atoms with Gasteiger partial charge in [-0.15, -0.1) is 0 Å². The zero-order chi connectivity index (χ0) is 33.5. The Morgan fingerprint density at radius 2 is 1.88 bits per heavy atom. The van der Waals surface area contributed by atoms with Gasteiger partial charge in [0.15, 0.2) is 0 Å². The number of hydrogen-bond donors (Lipinski definition) is 4. The molecule has 0 radical (unpaired) electrons. The number of rotatable bonds is 11. The number of nitrogens with one attached hydrogen (secondary N) is 4. The number of fused-ring (bicyclic) bond motifs is 1. The summed E-state index contributed by atoms with van der Waals surface area (Å²) in [6.07, 6.45) is 9.90. The van der Waals surface area contributed by atoms with E-state index in [1.807, 2.05) is 37.4 Å². The van der Waals surface area contributed by atoms with Crippen LogP contribution < -0.4 is 21.4 Å². The zero-order valence-corrected chi connectivity index (χ0v) is 28.8. The summed E-state index contributed by atoms with van der Waals surface area (Å²) >= 11 is 0. The van der Waals surface area contributed by atoms with Gasteiger partial charge in [0.2, 0.25) is 5.91 Å². The molecular formula is C40H53FN6O. The van der Waals surface area contributed by atoms with E-state index >= 15 is 0 Å². The minimum atomic E-state index is -0.436. The fraction of sp³-hybridized carbons (Fsp3) is 0.475. The lowest BCUT2D eigenvalue weighted by Crippen LogP contribution is -2.63. The SMILES string of the molecule is CNCCN(C)Cc1cccc(C2NC3C(CNN3Cc3ccccc3F)C(C(=O)N[C@@H](C)c3ccccc3)C23/C=C\CCCCC3)c1. The van der Waals surface area contributed by atoms with Gasteiger partial charge in [0, 0.05) is 55.7 Å². The molecule has 0 bridgehead atoms. The largest absolute Gasteiger partial charge is 0.349 e. The summed E-state index contributed by atoms with van der Waals surface area (Å²) in [7, 11) is 4.14. The molecule has 48 heavy (non-hydrogen) atoms. The first kappa shape index (κ1) is 34.5. The molecule has 7 nitrogen and oxygen atoms in total. The quantitative estimate of drug-likeness (QED) is 0.188. The first-order valence-electron chi connectivity index (χ1n) is 17.8. The maximum atomic E-state index is 15.0. The Labute approximate surface area is 286 Å². The van der Waals surface area contributed by atoms with Crippen LogP contribution in [-0.2, 0) is 17.9 Å². The Kier molecular flexibility index (Phi) is 11.4.